The number of carbonyl (C=O) groups excluding carboxylic acids is 1. The highest BCUT2D eigenvalue weighted by atomic mass is 32.1. The number of hydrogen-bond acceptors (Lipinski definition) is 5. The fourth-order valence-corrected chi connectivity index (χ4v) is 4.14. The number of carbonyl (C=O) groups is 1. The number of alkyl halides is 3. The molecule has 23 heavy (non-hydrogen) atoms. The van der Waals surface area contributed by atoms with E-state index in [4.69, 9.17) is 4.74 Å². The maximum Gasteiger partial charge on any atom is 0.417 e. The van der Waals surface area contributed by atoms with Gasteiger partial charge in [0.1, 0.15) is 11.0 Å². The Hall–Kier alpha value is -1.45. The van der Waals surface area contributed by atoms with E-state index in [1.807, 2.05) is 12.3 Å². The minimum absolute atomic E-state index is 0.240. The Morgan fingerprint density at radius 2 is 2.17 bits per heavy atom. The van der Waals surface area contributed by atoms with Crippen LogP contribution in [-0.2, 0) is 10.9 Å². The van der Waals surface area contributed by atoms with Gasteiger partial charge >= 0.3 is 6.18 Å². The van der Waals surface area contributed by atoms with Crippen LogP contribution in [0.1, 0.15) is 32.7 Å². The summed E-state index contributed by atoms with van der Waals surface area (Å²) in [7, 11) is 0. The van der Waals surface area contributed by atoms with Gasteiger partial charge in [-0.3, -0.25) is 4.79 Å². The summed E-state index contributed by atoms with van der Waals surface area (Å²) < 4.78 is 44.5. The van der Waals surface area contributed by atoms with Crippen LogP contribution in [0.5, 0.6) is 0 Å². The predicted octanol–water partition coefficient (Wildman–Crippen LogP) is 3.75. The molecule has 2 aromatic heterocycles. The molecule has 3 rings (SSSR count). The first kappa shape index (κ1) is 16.4. The van der Waals surface area contributed by atoms with Crippen LogP contribution in [0.3, 0.4) is 0 Å². The molecule has 0 N–H and O–H groups in total. The summed E-state index contributed by atoms with van der Waals surface area (Å²) in [5.74, 6) is -0.625. The van der Waals surface area contributed by atoms with Gasteiger partial charge in [0.2, 0.25) is 0 Å². The minimum Gasteiger partial charge on any atom is -0.377 e. The van der Waals surface area contributed by atoms with Crippen molar-refractivity contribution in [2.45, 2.75) is 19.1 Å². The average Bonchev–Trinajstić information content (AvgIpc) is 3.14. The molecule has 0 spiro atoms. The lowest BCUT2D eigenvalue weighted by Gasteiger charge is -2.34. The third-order valence-electron chi connectivity index (χ3n) is 3.51. The Bertz CT molecular complexity index is 711. The molecule has 9 heteroatoms. The van der Waals surface area contributed by atoms with E-state index >= 15 is 0 Å². The minimum atomic E-state index is -4.54. The Kier molecular flexibility index (Phi) is 4.43. The second-order valence-corrected chi connectivity index (χ2v) is 6.75. The summed E-state index contributed by atoms with van der Waals surface area (Å²) in [6, 6.07) is -0.448. The fraction of sp³-hybridized carbons (Fsp3) is 0.429. The third-order valence-corrected chi connectivity index (χ3v) is 5.32. The van der Waals surface area contributed by atoms with Gasteiger partial charge in [-0.1, -0.05) is 0 Å². The molecule has 1 aliphatic heterocycles. The molecule has 3 heterocycles. The molecule has 1 unspecified atom stereocenters. The molecule has 4 nitrogen and oxygen atoms in total. The molecular formula is C14H13F3N2O2S2. The standard InChI is InChI=1S/C14H13F3N2O2S2/c1-8-5-23-12(18-8)11-4-21-3-2-19(11)13(20)9-6-22-7-10(9)14(15,16)17/h5-7,11H,2-4H2,1H3. The molecule has 0 saturated carbocycles. The van der Waals surface area contributed by atoms with Crippen molar-refractivity contribution >= 4 is 28.6 Å². The Morgan fingerprint density at radius 3 is 2.83 bits per heavy atom. The second kappa shape index (κ2) is 6.21. The third kappa shape index (κ3) is 3.26. The van der Waals surface area contributed by atoms with Crippen LogP contribution >= 0.6 is 22.7 Å². The van der Waals surface area contributed by atoms with Gasteiger partial charge in [0, 0.05) is 28.4 Å². The molecule has 0 bridgehead atoms. The quantitative estimate of drug-likeness (QED) is 0.817. The first-order valence-corrected chi connectivity index (χ1v) is 8.64. The van der Waals surface area contributed by atoms with Crippen molar-refractivity contribution < 1.29 is 22.7 Å². The number of rotatable bonds is 2. The highest BCUT2D eigenvalue weighted by molar-refractivity contribution is 7.09. The van der Waals surface area contributed by atoms with E-state index < -0.39 is 23.7 Å². The number of ether oxygens (including phenoxy) is 1. The van der Waals surface area contributed by atoms with Gasteiger partial charge in [-0.15, -0.1) is 11.3 Å². The van der Waals surface area contributed by atoms with E-state index in [-0.39, 0.29) is 18.7 Å². The lowest BCUT2D eigenvalue weighted by molar-refractivity contribution is -0.137. The number of hydrogen-bond donors (Lipinski definition) is 0. The monoisotopic (exact) mass is 362 g/mol. The summed E-state index contributed by atoms with van der Waals surface area (Å²) in [4.78, 5) is 18.4. The summed E-state index contributed by atoms with van der Waals surface area (Å²) in [5.41, 5.74) is -0.370. The smallest absolute Gasteiger partial charge is 0.377 e. The van der Waals surface area contributed by atoms with E-state index in [2.05, 4.69) is 4.98 Å². The molecule has 0 aliphatic carbocycles. The number of morpholine rings is 1. The van der Waals surface area contributed by atoms with Crippen LogP contribution in [0, 0.1) is 6.92 Å². The van der Waals surface area contributed by atoms with Gasteiger partial charge in [0.05, 0.1) is 24.3 Å². The maximum absolute atomic E-state index is 13.0. The second-order valence-electron chi connectivity index (χ2n) is 5.11. The Balaban J connectivity index is 1.92. The van der Waals surface area contributed by atoms with Crippen LogP contribution in [-0.4, -0.2) is 35.5 Å². The number of nitrogens with zero attached hydrogens (tertiary/aromatic N) is 2. The first-order valence-electron chi connectivity index (χ1n) is 6.82. The first-order chi connectivity index (χ1) is 10.9. The zero-order chi connectivity index (χ0) is 16.6. The van der Waals surface area contributed by atoms with Crippen molar-refractivity contribution in [1.82, 2.24) is 9.88 Å². The van der Waals surface area contributed by atoms with E-state index in [1.54, 1.807) is 0 Å². The molecule has 1 aliphatic rings. The summed E-state index contributed by atoms with van der Waals surface area (Å²) in [6.45, 7) is 2.62. The van der Waals surface area contributed by atoms with Crippen molar-refractivity contribution in [3.63, 3.8) is 0 Å². The average molecular weight is 362 g/mol. The molecule has 0 radical (unpaired) electrons. The highest BCUT2D eigenvalue weighted by Crippen LogP contribution is 2.36. The summed E-state index contributed by atoms with van der Waals surface area (Å²) >= 11 is 2.25. The number of thiazole rings is 1. The lowest BCUT2D eigenvalue weighted by Crippen LogP contribution is -2.43. The van der Waals surface area contributed by atoms with Gasteiger partial charge in [0.15, 0.2) is 0 Å². The van der Waals surface area contributed by atoms with Crippen molar-refractivity contribution in [2.75, 3.05) is 19.8 Å². The molecule has 1 amide bonds. The predicted molar refractivity (Wildman–Crippen MR) is 80.8 cm³/mol. The Labute approximate surface area is 138 Å². The zero-order valence-electron chi connectivity index (χ0n) is 12.1. The number of halogens is 3. The van der Waals surface area contributed by atoms with Crippen LogP contribution in [0.4, 0.5) is 13.2 Å². The van der Waals surface area contributed by atoms with Gasteiger partial charge in [-0.25, -0.2) is 4.98 Å². The molecule has 0 aromatic carbocycles. The van der Waals surface area contributed by atoms with Crippen LogP contribution in [0.15, 0.2) is 16.1 Å². The van der Waals surface area contributed by atoms with Crippen LogP contribution in [0.25, 0.3) is 0 Å². The van der Waals surface area contributed by atoms with Crippen molar-refractivity contribution in [1.29, 1.82) is 0 Å². The summed E-state index contributed by atoms with van der Waals surface area (Å²) in [6.07, 6.45) is -4.54. The fourth-order valence-electron chi connectivity index (χ4n) is 2.41. The van der Waals surface area contributed by atoms with Gasteiger partial charge < -0.3 is 9.64 Å². The van der Waals surface area contributed by atoms with Crippen LogP contribution in [0.2, 0.25) is 0 Å². The Morgan fingerprint density at radius 1 is 1.39 bits per heavy atom. The van der Waals surface area contributed by atoms with Crippen LogP contribution < -0.4 is 0 Å². The van der Waals surface area contributed by atoms with E-state index in [0.29, 0.717) is 11.6 Å². The van der Waals surface area contributed by atoms with E-state index in [1.165, 1.54) is 21.6 Å². The SMILES string of the molecule is Cc1csc(C2COCCN2C(=O)c2cscc2C(F)(F)F)n1. The molecule has 1 atom stereocenters. The lowest BCUT2D eigenvalue weighted by atomic mass is 10.1. The molecule has 1 fully saturated rings. The maximum atomic E-state index is 13.0. The van der Waals surface area contributed by atoms with Gasteiger partial charge in [-0.2, -0.15) is 24.5 Å². The van der Waals surface area contributed by atoms with E-state index in [0.717, 1.165) is 22.4 Å². The number of amides is 1. The van der Waals surface area contributed by atoms with Crippen molar-refractivity contribution in [3.05, 3.63) is 38.0 Å². The van der Waals surface area contributed by atoms with Gasteiger partial charge in [0.25, 0.3) is 5.91 Å². The number of thiophene rings is 1. The molecule has 124 valence electrons. The summed E-state index contributed by atoms with van der Waals surface area (Å²) in [5, 5.41) is 4.75. The molecule has 1 saturated heterocycles. The van der Waals surface area contributed by atoms with Gasteiger partial charge in [-0.05, 0) is 6.92 Å². The largest absolute Gasteiger partial charge is 0.417 e. The van der Waals surface area contributed by atoms with Crippen molar-refractivity contribution in [2.24, 2.45) is 0 Å². The normalized spacial score (nSPS) is 19.1. The highest BCUT2D eigenvalue weighted by Gasteiger charge is 2.39. The zero-order valence-corrected chi connectivity index (χ0v) is 13.7. The molecular weight excluding hydrogens is 349 g/mol. The molecule has 2 aromatic rings. The topological polar surface area (TPSA) is 42.4 Å². The van der Waals surface area contributed by atoms with Crippen molar-refractivity contribution in [3.8, 4) is 0 Å². The van der Waals surface area contributed by atoms with E-state index in [9.17, 15) is 18.0 Å². The number of aryl methyl sites for hydroxylation is 1. The number of aromatic nitrogens is 1.